The zero-order chi connectivity index (χ0) is 23.5. The van der Waals surface area contributed by atoms with Crippen molar-refractivity contribution in [2.75, 3.05) is 13.2 Å². The molecule has 6 nitrogen and oxygen atoms in total. The van der Waals surface area contributed by atoms with Gasteiger partial charge < -0.3 is 14.0 Å². The molecule has 0 saturated heterocycles. The van der Waals surface area contributed by atoms with Crippen LogP contribution in [0.1, 0.15) is 22.4 Å². The number of amides is 1. The third-order valence-corrected chi connectivity index (χ3v) is 6.29. The second-order valence-electron chi connectivity index (χ2n) is 8.14. The first-order valence-electron chi connectivity index (χ1n) is 11.1. The number of aromatic nitrogens is 1. The zero-order valence-corrected chi connectivity index (χ0v) is 19.5. The van der Waals surface area contributed by atoms with Gasteiger partial charge in [0.15, 0.2) is 11.5 Å². The van der Waals surface area contributed by atoms with Crippen molar-refractivity contribution < 1.29 is 14.3 Å². The molecule has 0 fully saturated rings. The van der Waals surface area contributed by atoms with E-state index in [9.17, 15) is 4.79 Å². The quantitative estimate of drug-likeness (QED) is 0.312. The number of ether oxygens (including phenoxy) is 2. The Bertz CT molecular complexity index is 1390. The highest BCUT2D eigenvalue weighted by molar-refractivity contribution is 6.31. The average Bonchev–Trinajstić information content (AvgIpc) is 3.11. The lowest BCUT2D eigenvalue weighted by atomic mass is 10.1. The van der Waals surface area contributed by atoms with Crippen LogP contribution < -0.4 is 14.9 Å². The highest BCUT2D eigenvalue weighted by Gasteiger charge is 2.15. The van der Waals surface area contributed by atoms with Gasteiger partial charge in [-0.05, 0) is 42.3 Å². The Morgan fingerprint density at radius 3 is 2.68 bits per heavy atom. The number of nitrogens with zero attached hydrogens (tertiary/aromatic N) is 2. The number of para-hydroxylation sites is 1. The van der Waals surface area contributed by atoms with Gasteiger partial charge in [0.05, 0.1) is 12.6 Å². The van der Waals surface area contributed by atoms with Crippen molar-refractivity contribution in [2.24, 2.45) is 5.10 Å². The molecule has 1 N–H and O–H groups in total. The van der Waals surface area contributed by atoms with Crippen LogP contribution >= 0.6 is 11.6 Å². The molecule has 1 aliphatic rings. The van der Waals surface area contributed by atoms with Gasteiger partial charge in [-0.1, -0.05) is 54.1 Å². The molecule has 0 aliphatic carbocycles. The van der Waals surface area contributed by atoms with Crippen molar-refractivity contribution in [1.82, 2.24) is 9.99 Å². The van der Waals surface area contributed by atoms with Crippen LogP contribution in [0.2, 0.25) is 5.02 Å². The summed E-state index contributed by atoms with van der Waals surface area (Å²) in [6.07, 6.45) is 1.91. The van der Waals surface area contributed by atoms with E-state index in [1.165, 1.54) is 0 Å². The highest BCUT2D eigenvalue weighted by atomic mass is 35.5. The van der Waals surface area contributed by atoms with Crippen LogP contribution in [0.25, 0.3) is 10.9 Å². The molecule has 0 bridgehead atoms. The topological polar surface area (TPSA) is 64.8 Å². The van der Waals surface area contributed by atoms with Crippen LogP contribution in [0.4, 0.5) is 0 Å². The third-order valence-electron chi connectivity index (χ3n) is 5.92. The summed E-state index contributed by atoms with van der Waals surface area (Å²) < 4.78 is 13.3. The minimum Gasteiger partial charge on any atom is -0.486 e. The summed E-state index contributed by atoms with van der Waals surface area (Å²) in [6.45, 7) is 3.75. The Balaban J connectivity index is 1.33. The van der Waals surface area contributed by atoms with Crippen LogP contribution in [0, 0.1) is 6.92 Å². The number of hydrogen-bond acceptors (Lipinski definition) is 4. The first-order valence-corrected chi connectivity index (χ1v) is 11.5. The minimum atomic E-state index is -0.203. The first-order chi connectivity index (χ1) is 16.6. The van der Waals surface area contributed by atoms with E-state index in [4.69, 9.17) is 21.1 Å². The summed E-state index contributed by atoms with van der Waals surface area (Å²) >= 11 is 6.41. The maximum atomic E-state index is 12.5. The van der Waals surface area contributed by atoms with Crippen molar-refractivity contribution >= 4 is 34.6 Å². The number of hydrazone groups is 1. The molecule has 7 heteroatoms. The van der Waals surface area contributed by atoms with Gasteiger partial charge in [-0.25, -0.2) is 5.43 Å². The standard InChI is InChI=1S/C27H24ClN3O3/c1-18-22(16-29-30-27(32)15-19-10-11-25-26(14-19)34-13-12-33-25)21-7-3-5-9-24(21)31(18)17-20-6-2-4-8-23(20)28/h2-11,14,16H,12-13,15,17H2,1H3,(H,30,32)/b29-16-. The van der Waals surface area contributed by atoms with E-state index in [0.29, 0.717) is 31.3 Å². The molecule has 2 heterocycles. The lowest BCUT2D eigenvalue weighted by Crippen LogP contribution is -2.20. The van der Waals surface area contributed by atoms with Crippen molar-refractivity contribution in [3.8, 4) is 11.5 Å². The molecule has 0 atom stereocenters. The Labute approximate surface area is 202 Å². The molecule has 1 aromatic heterocycles. The van der Waals surface area contributed by atoms with Gasteiger partial charge in [-0.3, -0.25) is 4.79 Å². The molecule has 3 aromatic carbocycles. The van der Waals surface area contributed by atoms with Crippen molar-refractivity contribution in [3.63, 3.8) is 0 Å². The normalized spacial score (nSPS) is 12.9. The summed E-state index contributed by atoms with van der Waals surface area (Å²) in [5, 5.41) is 6.06. The summed E-state index contributed by atoms with van der Waals surface area (Å²) in [6, 6.07) is 21.5. The lowest BCUT2D eigenvalue weighted by Gasteiger charge is -2.18. The van der Waals surface area contributed by atoms with Gasteiger partial charge in [0.1, 0.15) is 13.2 Å². The van der Waals surface area contributed by atoms with E-state index >= 15 is 0 Å². The van der Waals surface area contributed by atoms with Gasteiger partial charge in [-0.2, -0.15) is 5.10 Å². The molecule has 34 heavy (non-hydrogen) atoms. The van der Waals surface area contributed by atoms with Crippen LogP contribution in [-0.2, 0) is 17.8 Å². The molecule has 1 aliphatic heterocycles. The second kappa shape index (κ2) is 9.61. The number of carbonyl (C=O) groups is 1. The fraction of sp³-hybridized carbons (Fsp3) is 0.185. The average molecular weight is 474 g/mol. The maximum Gasteiger partial charge on any atom is 0.244 e. The molecule has 0 saturated carbocycles. The third kappa shape index (κ3) is 4.50. The summed E-state index contributed by atoms with van der Waals surface area (Å²) in [4.78, 5) is 12.5. The number of benzene rings is 3. The van der Waals surface area contributed by atoms with Gasteiger partial charge >= 0.3 is 0 Å². The number of fused-ring (bicyclic) bond motifs is 2. The summed E-state index contributed by atoms with van der Waals surface area (Å²) in [5.41, 5.74) is 7.63. The number of nitrogens with one attached hydrogen (secondary N) is 1. The fourth-order valence-electron chi connectivity index (χ4n) is 4.21. The van der Waals surface area contributed by atoms with E-state index in [1.54, 1.807) is 6.21 Å². The Hall–Kier alpha value is -3.77. The SMILES string of the molecule is Cc1c(/C=N\NC(=O)Cc2ccc3c(c2)OCCO3)c2ccccc2n1Cc1ccccc1Cl. The maximum absolute atomic E-state index is 12.5. The molecule has 172 valence electrons. The van der Waals surface area contributed by atoms with Crippen LogP contribution in [0.5, 0.6) is 11.5 Å². The fourth-order valence-corrected chi connectivity index (χ4v) is 4.41. The predicted octanol–water partition coefficient (Wildman–Crippen LogP) is 5.12. The van der Waals surface area contributed by atoms with E-state index < -0.39 is 0 Å². The number of carbonyl (C=O) groups excluding carboxylic acids is 1. The van der Waals surface area contributed by atoms with E-state index in [-0.39, 0.29) is 12.3 Å². The lowest BCUT2D eigenvalue weighted by molar-refractivity contribution is -0.120. The van der Waals surface area contributed by atoms with E-state index in [0.717, 1.165) is 38.3 Å². The molecule has 0 unspecified atom stereocenters. The summed E-state index contributed by atoms with van der Waals surface area (Å²) in [5.74, 6) is 1.17. The molecule has 0 spiro atoms. The van der Waals surface area contributed by atoms with Gasteiger partial charge in [0, 0.05) is 33.7 Å². The van der Waals surface area contributed by atoms with Gasteiger partial charge in [0.25, 0.3) is 0 Å². The second-order valence-corrected chi connectivity index (χ2v) is 8.55. The summed E-state index contributed by atoms with van der Waals surface area (Å²) in [7, 11) is 0. The number of hydrogen-bond donors (Lipinski definition) is 1. The number of halogens is 1. The zero-order valence-electron chi connectivity index (χ0n) is 18.8. The monoisotopic (exact) mass is 473 g/mol. The molecule has 1 amide bonds. The molecule has 0 radical (unpaired) electrons. The first kappa shape index (κ1) is 22.0. The van der Waals surface area contributed by atoms with Crippen LogP contribution in [-0.4, -0.2) is 29.9 Å². The Morgan fingerprint density at radius 2 is 1.82 bits per heavy atom. The van der Waals surface area contributed by atoms with Crippen LogP contribution in [0.3, 0.4) is 0 Å². The molecular formula is C27H24ClN3O3. The number of rotatable bonds is 6. The van der Waals surface area contributed by atoms with E-state index in [1.807, 2.05) is 54.6 Å². The molecular weight excluding hydrogens is 450 g/mol. The highest BCUT2D eigenvalue weighted by Crippen LogP contribution is 2.31. The van der Waals surface area contributed by atoms with E-state index in [2.05, 4.69) is 34.2 Å². The van der Waals surface area contributed by atoms with Gasteiger partial charge in [-0.15, -0.1) is 0 Å². The Kier molecular flexibility index (Phi) is 6.23. The van der Waals surface area contributed by atoms with Crippen molar-refractivity contribution in [3.05, 3.63) is 94.1 Å². The molecule has 4 aromatic rings. The van der Waals surface area contributed by atoms with Gasteiger partial charge in [0.2, 0.25) is 5.91 Å². The largest absolute Gasteiger partial charge is 0.486 e. The molecule has 5 rings (SSSR count). The van der Waals surface area contributed by atoms with Crippen molar-refractivity contribution in [2.45, 2.75) is 19.9 Å². The smallest absolute Gasteiger partial charge is 0.244 e. The van der Waals surface area contributed by atoms with Crippen molar-refractivity contribution in [1.29, 1.82) is 0 Å². The van der Waals surface area contributed by atoms with Crippen LogP contribution in [0.15, 0.2) is 71.8 Å². The minimum absolute atomic E-state index is 0.196. The predicted molar refractivity (Wildman–Crippen MR) is 134 cm³/mol. The Morgan fingerprint density at radius 1 is 1.06 bits per heavy atom.